The molecule has 1 N–H and O–H groups in total. The Morgan fingerprint density at radius 1 is 1.55 bits per heavy atom. The fourth-order valence-electron chi connectivity index (χ4n) is 2.15. The fourth-order valence-corrected chi connectivity index (χ4v) is 2.98. The summed E-state index contributed by atoms with van der Waals surface area (Å²) < 4.78 is 18.6. The van der Waals surface area contributed by atoms with Gasteiger partial charge in [0, 0.05) is 22.7 Å². The molecule has 5 nitrogen and oxygen atoms in total. The van der Waals surface area contributed by atoms with E-state index < -0.39 is 11.6 Å². The van der Waals surface area contributed by atoms with Crippen LogP contribution in [0.1, 0.15) is 16.2 Å². The van der Waals surface area contributed by atoms with Gasteiger partial charge in [0.25, 0.3) is 0 Å². The second-order valence-corrected chi connectivity index (χ2v) is 6.17. The van der Waals surface area contributed by atoms with Gasteiger partial charge in [-0.25, -0.2) is 14.0 Å². The number of hydrogen-bond donors (Lipinski definition) is 1. The van der Waals surface area contributed by atoms with E-state index in [-0.39, 0.29) is 25.5 Å². The molecule has 7 heteroatoms. The summed E-state index contributed by atoms with van der Waals surface area (Å²) in [5, 5.41) is 2.73. The molecule has 0 spiro atoms. The van der Waals surface area contributed by atoms with Crippen LogP contribution in [0.5, 0.6) is 0 Å². The average Bonchev–Trinajstić information content (AvgIpc) is 3.02. The van der Waals surface area contributed by atoms with Crippen LogP contribution in [0.2, 0.25) is 0 Å². The van der Waals surface area contributed by atoms with E-state index >= 15 is 0 Å². The van der Waals surface area contributed by atoms with Crippen molar-refractivity contribution in [2.24, 2.45) is 0 Å². The van der Waals surface area contributed by atoms with Crippen LogP contribution in [-0.4, -0.2) is 42.8 Å². The zero-order valence-corrected chi connectivity index (χ0v) is 12.3. The first-order valence-corrected chi connectivity index (χ1v) is 7.12. The zero-order valence-electron chi connectivity index (χ0n) is 11.4. The maximum atomic E-state index is 14.2. The van der Waals surface area contributed by atoms with E-state index in [0.29, 0.717) is 6.54 Å². The van der Waals surface area contributed by atoms with Crippen LogP contribution < -0.4 is 5.32 Å². The monoisotopic (exact) mass is 300 g/mol. The lowest BCUT2D eigenvalue weighted by atomic mass is 10.1. The summed E-state index contributed by atoms with van der Waals surface area (Å²) in [5.41, 5.74) is -2.08. The molecule has 110 valence electrons. The van der Waals surface area contributed by atoms with E-state index in [2.05, 4.69) is 10.1 Å². The molecule has 1 aromatic rings. The van der Waals surface area contributed by atoms with Crippen LogP contribution in [0.25, 0.3) is 0 Å². The summed E-state index contributed by atoms with van der Waals surface area (Å²) in [7, 11) is 1.14. The standard InChI is InChI=1S/C13H17FN2O3S/c1-9-3-4-10(20-9)7-15-12(18)16-6-5-13(14,8-16)11(17)19-2/h3-4H,5-8H2,1-2H3,(H,15,18)/t13-/m1/s1. The largest absolute Gasteiger partial charge is 0.467 e. The zero-order chi connectivity index (χ0) is 14.8. The van der Waals surface area contributed by atoms with Gasteiger partial charge in [0.15, 0.2) is 0 Å². The molecule has 1 aromatic heterocycles. The number of carbonyl (C=O) groups excluding carboxylic acids is 2. The van der Waals surface area contributed by atoms with Gasteiger partial charge < -0.3 is 15.0 Å². The third-order valence-corrected chi connectivity index (χ3v) is 4.27. The molecule has 1 aliphatic rings. The number of carbonyl (C=O) groups is 2. The second kappa shape index (κ2) is 5.78. The van der Waals surface area contributed by atoms with Crippen molar-refractivity contribution in [3.63, 3.8) is 0 Å². The Kier molecular flexibility index (Phi) is 4.27. The van der Waals surface area contributed by atoms with Crippen LogP contribution in [0, 0.1) is 6.92 Å². The SMILES string of the molecule is COC(=O)[C@@]1(F)CCN(C(=O)NCc2ccc(C)s2)C1. The highest BCUT2D eigenvalue weighted by Gasteiger charge is 2.47. The van der Waals surface area contributed by atoms with Crippen LogP contribution in [0.3, 0.4) is 0 Å². The Bertz CT molecular complexity index is 519. The summed E-state index contributed by atoms with van der Waals surface area (Å²) in [5.74, 6) is -0.915. The molecule has 2 amide bonds. The molecule has 20 heavy (non-hydrogen) atoms. The van der Waals surface area contributed by atoms with Gasteiger partial charge in [-0.05, 0) is 19.1 Å². The van der Waals surface area contributed by atoms with Gasteiger partial charge >= 0.3 is 12.0 Å². The first kappa shape index (κ1) is 14.8. The van der Waals surface area contributed by atoms with E-state index in [4.69, 9.17) is 0 Å². The molecule has 1 fully saturated rings. The number of nitrogens with zero attached hydrogens (tertiary/aromatic N) is 1. The Labute approximate surface area is 120 Å². The number of methoxy groups -OCH3 is 1. The maximum Gasteiger partial charge on any atom is 0.345 e. The maximum absolute atomic E-state index is 14.2. The van der Waals surface area contributed by atoms with E-state index in [1.807, 2.05) is 19.1 Å². The van der Waals surface area contributed by atoms with Gasteiger partial charge in [0.1, 0.15) is 0 Å². The minimum Gasteiger partial charge on any atom is -0.467 e. The Balaban J connectivity index is 1.87. The first-order chi connectivity index (χ1) is 9.44. The molecular weight excluding hydrogens is 283 g/mol. The molecule has 1 saturated heterocycles. The number of alkyl halides is 1. The number of thiophene rings is 1. The van der Waals surface area contributed by atoms with E-state index in [1.54, 1.807) is 11.3 Å². The van der Waals surface area contributed by atoms with Crippen molar-refractivity contribution in [1.29, 1.82) is 0 Å². The number of nitrogens with one attached hydrogen (secondary N) is 1. The Morgan fingerprint density at radius 2 is 2.30 bits per heavy atom. The molecule has 2 rings (SSSR count). The summed E-state index contributed by atoms with van der Waals surface area (Å²) >= 11 is 1.60. The summed E-state index contributed by atoms with van der Waals surface area (Å²) in [6.07, 6.45) is -0.0226. The predicted octanol–water partition coefficient (Wildman–Crippen LogP) is 1.85. The molecule has 2 heterocycles. The molecular formula is C13H17FN2O3S. The normalized spacial score (nSPS) is 21.9. The van der Waals surface area contributed by atoms with Gasteiger partial charge in [-0.1, -0.05) is 0 Å². The molecule has 1 aliphatic heterocycles. The summed E-state index contributed by atoms with van der Waals surface area (Å²) in [4.78, 5) is 26.8. The van der Waals surface area contributed by atoms with Gasteiger partial charge in [0.05, 0.1) is 20.2 Å². The number of urea groups is 1. The highest BCUT2D eigenvalue weighted by molar-refractivity contribution is 7.11. The van der Waals surface area contributed by atoms with Crippen LogP contribution in [-0.2, 0) is 16.1 Å². The van der Waals surface area contributed by atoms with Crippen LogP contribution in [0.15, 0.2) is 12.1 Å². The van der Waals surface area contributed by atoms with Gasteiger partial charge in [-0.3, -0.25) is 0 Å². The van der Waals surface area contributed by atoms with Gasteiger partial charge in [0.2, 0.25) is 5.67 Å². The first-order valence-electron chi connectivity index (χ1n) is 6.30. The third-order valence-electron chi connectivity index (χ3n) is 3.27. The Hall–Kier alpha value is -1.63. The number of halogens is 1. The highest BCUT2D eigenvalue weighted by atomic mass is 32.1. The lowest BCUT2D eigenvalue weighted by Crippen LogP contribution is -2.43. The molecule has 0 radical (unpaired) electrons. The number of amides is 2. The predicted molar refractivity (Wildman–Crippen MR) is 73.3 cm³/mol. The topological polar surface area (TPSA) is 58.6 Å². The lowest BCUT2D eigenvalue weighted by molar-refractivity contribution is -0.153. The molecule has 0 aromatic carbocycles. The van der Waals surface area contributed by atoms with Crippen molar-refractivity contribution in [3.8, 4) is 0 Å². The van der Waals surface area contributed by atoms with Crippen molar-refractivity contribution < 1.29 is 18.7 Å². The van der Waals surface area contributed by atoms with Crippen molar-refractivity contribution >= 4 is 23.3 Å². The van der Waals surface area contributed by atoms with Crippen molar-refractivity contribution in [3.05, 3.63) is 21.9 Å². The number of esters is 1. The lowest BCUT2D eigenvalue weighted by Gasteiger charge is -2.19. The summed E-state index contributed by atoms with van der Waals surface area (Å²) in [6, 6.07) is 3.56. The second-order valence-electron chi connectivity index (χ2n) is 4.80. The van der Waals surface area contributed by atoms with E-state index in [0.717, 1.165) is 12.0 Å². The minimum absolute atomic E-state index is 0.0226. The molecule has 0 bridgehead atoms. The van der Waals surface area contributed by atoms with Crippen molar-refractivity contribution in [1.82, 2.24) is 10.2 Å². The quantitative estimate of drug-likeness (QED) is 0.867. The average molecular weight is 300 g/mol. The minimum atomic E-state index is -2.08. The fraction of sp³-hybridized carbons (Fsp3) is 0.538. The molecule has 0 unspecified atom stereocenters. The van der Waals surface area contributed by atoms with E-state index in [1.165, 1.54) is 9.78 Å². The Morgan fingerprint density at radius 3 is 2.90 bits per heavy atom. The molecule has 1 atom stereocenters. The van der Waals surface area contributed by atoms with Gasteiger partial charge in [-0.15, -0.1) is 11.3 Å². The highest BCUT2D eigenvalue weighted by Crippen LogP contribution is 2.27. The molecule has 0 aliphatic carbocycles. The van der Waals surface area contributed by atoms with E-state index in [9.17, 15) is 14.0 Å². The number of hydrogen-bond acceptors (Lipinski definition) is 4. The number of rotatable bonds is 3. The summed E-state index contributed by atoms with van der Waals surface area (Å²) in [6.45, 7) is 2.35. The molecule has 0 saturated carbocycles. The number of aryl methyl sites for hydroxylation is 1. The smallest absolute Gasteiger partial charge is 0.345 e. The van der Waals surface area contributed by atoms with Crippen LogP contribution >= 0.6 is 11.3 Å². The van der Waals surface area contributed by atoms with Crippen molar-refractivity contribution in [2.75, 3.05) is 20.2 Å². The van der Waals surface area contributed by atoms with Crippen molar-refractivity contribution in [2.45, 2.75) is 25.6 Å². The number of likely N-dealkylation sites (tertiary alicyclic amines) is 1. The third kappa shape index (κ3) is 3.09. The number of ether oxygens (including phenoxy) is 1. The van der Waals surface area contributed by atoms with Crippen LogP contribution in [0.4, 0.5) is 9.18 Å². The van der Waals surface area contributed by atoms with Gasteiger partial charge in [-0.2, -0.15) is 0 Å².